The largest absolute Gasteiger partial charge is 0.483 e. The lowest BCUT2D eigenvalue weighted by Crippen LogP contribution is -2.20. The molecule has 1 aromatic heterocycles. The first kappa shape index (κ1) is 21.0. The van der Waals surface area contributed by atoms with Gasteiger partial charge >= 0.3 is 0 Å². The van der Waals surface area contributed by atoms with Crippen LogP contribution in [0.2, 0.25) is 5.02 Å². The Morgan fingerprint density at radius 1 is 0.939 bits per heavy atom. The van der Waals surface area contributed by atoms with E-state index in [9.17, 15) is 4.79 Å². The smallest absolute Gasteiger partial charge is 0.262 e. The number of hydrogen-bond donors (Lipinski definition) is 1. The van der Waals surface area contributed by atoms with Gasteiger partial charge in [0.25, 0.3) is 5.91 Å². The third-order valence-corrected chi connectivity index (χ3v) is 5.71. The van der Waals surface area contributed by atoms with Gasteiger partial charge in [0.05, 0.1) is 5.69 Å². The average molecular weight is 457 g/mol. The van der Waals surface area contributed by atoms with E-state index in [-0.39, 0.29) is 12.5 Å². The van der Waals surface area contributed by atoms with Crippen LogP contribution in [0.4, 0.5) is 5.69 Å². The highest BCUT2D eigenvalue weighted by molar-refractivity contribution is 6.30. The lowest BCUT2D eigenvalue weighted by atomic mass is 10.1. The van der Waals surface area contributed by atoms with E-state index in [4.69, 9.17) is 16.3 Å². The number of nitrogens with zero attached hydrogens (tertiary/aromatic N) is 3. The van der Waals surface area contributed by atoms with Crippen LogP contribution in [0.1, 0.15) is 11.1 Å². The minimum absolute atomic E-state index is 0.108. The molecule has 6 nitrogen and oxygen atoms in total. The Bertz CT molecular complexity index is 1500. The molecule has 0 atom stereocenters. The first-order valence-electron chi connectivity index (χ1n) is 10.5. The van der Waals surface area contributed by atoms with Crippen LogP contribution in [-0.2, 0) is 4.79 Å². The molecule has 1 N–H and O–H groups in total. The molecule has 5 rings (SSSR count). The Balaban J connectivity index is 1.38. The predicted molar refractivity (Wildman–Crippen MR) is 131 cm³/mol. The zero-order valence-corrected chi connectivity index (χ0v) is 18.9. The van der Waals surface area contributed by atoms with Crippen LogP contribution in [0.5, 0.6) is 5.75 Å². The number of aryl methyl sites for hydroxylation is 2. The highest BCUT2D eigenvalue weighted by Gasteiger charge is 2.13. The molecule has 0 aliphatic carbocycles. The molecule has 0 aliphatic heterocycles. The summed E-state index contributed by atoms with van der Waals surface area (Å²) in [4.78, 5) is 14.2. The van der Waals surface area contributed by atoms with Crippen molar-refractivity contribution in [2.75, 3.05) is 11.9 Å². The van der Waals surface area contributed by atoms with Crippen molar-refractivity contribution in [3.8, 4) is 11.4 Å². The van der Waals surface area contributed by atoms with E-state index in [0.29, 0.717) is 22.0 Å². The van der Waals surface area contributed by atoms with E-state index < -0.39 is 0 Å². The predicted octanol–water partition coefficient (Wildman–Crippen LogP) is 5.86. The maximum Gasteiger partial charge on any atom is 0.262 e. The van der Waals surface area contributed by atoms with Crippen LogP contribution >= 0.6 is 11.6 Å². The van der Waals surface area contributed by atoms with Gasteiger partial charge in [0, 0.05) is 16.1 Å². The van der Waals surface area contributed by atoms with Crippen molar-refractivity contribution in [2.24, 2.45) is 0 Å². The molecular weight excluding hydrogens is 436 g/mol. The van der Waals surface area contributed by atoms with Crippen LogP contribution < -0.4 is 10.1 Å². The number of benzene rings is 4. The normalized spacial score (nSPS) is 11.1. The Morgan fingerprint density at radius 3 is 2.52 bits per heavy atom. The van der Waals surface area contributed by atoms with Crippen LogP contribution in [0.25, 0.3) is 27.5 Å². The molecule has 0 aliphatic rings. The van der Waals surface area contributed by atoms with Gasteiger partial charge in [0.1, 0.15) is 16.8 Å². The summed E-state index contributed by atoms with van der Waals surface area (Å²) in [5.74, 6) is 0.369. The molecular formula is C26H21ClN4O2. The quantitative estimate of drug-likeness (QED) is 0.359. The fourth-order valence-corrected chi connectivity index (χ4v) is 4.02. The van der Waals surface area contributed by atoms with Gasteiger partial charge in [0.2, 0.25) is 0 Å². The maximum absolute atomic E-state index is 12.5. The molecule has 7 heteroatoms. The second-order valence-corrected chi connectivity index (χ2v) is 8.33. The third kappa shape index (κ3) is 4.25. The minimum atomic E-state index is -0.256. The molecule has 33 heavy (non-hydrogen) atoms. The number of halogens is 1. The zero-order chi connectivity index (χ0) is 22.9. The van der Waals surface area contributed by atoms with Crippen molar-refractivity contribution in [1.29, 1.82) is 0 Å². The van der Waals surface area contributed by atoms with Crippen molar-refractivity contribution >= 4 is 45.0 Å². The SMILES string of the molecule is Cc1cc2nn(-c3cccc4ccccc34)nc2cc1NC(=O)COc1ccc(Cl)cc1C. The molecule has 4 aromatic carbocycles. The zero-order valence-electron chi connectivity index (χ0n) is 18.2. The summed E-state index contributed by atoms with van der Waals surface area (Å²) in [6.07, 6.45) is 0. The third-order valence-electron chi connectivity index (χ3n) is 5.48. The van der Waals surface area contributed by atoms with E-state index in [1.807, 2.05) is 50.2 Å². The number of carbonyl (C=O) groups excluding carboxylic acids is 1. The molecule has 0 saturated carbocycles. The summed E-state index contributed by atoms with van der Waals surface area (Å²) in [6, 6.07) is 23.2. The summed E-state index contributed by atoms with van der Waals surface area (Å²) in [6.45, 7) is 3.70. The summed E-state index contributed by atoms with van der Waals surface area (Å²) in [5.41, 5.74) is 4.79. The van der Waals surface area contributed by atoms with Crippen LogP contribution in [0.15, 0.2) is 72.8 Å². The highest BCUT2D eigenvalue weighted by Crippen LogP contribution is 2.26. The van der Waals surface area contributed by atoms with Gasteiger partial charge in [-0.1, -0.05) is 48.0 Å². The topological polar surface area (TPSA) is 69.0 Å². The fourth-order valence-electron chi connectivity index (χ4n) is 3.80. The molecule has 5 aromatic rings. The first-order valence-corrected chi connectivity index (χ1v) is 10.9. The molecule has 0 unspecified atom stereocenters. The van der Waals surface area contributed by atoms with Gasteiger partial charge in [-0.25, -0.2) is 0 Å². The molecule has 0 bridgehead atoms. The molecule has 1 amide bonds. The van der Waals surface area contributed by atoms with Crippen molar-refractivity contribution in [2.45, 2.75) is 13.8 Å². The maximum atomic E-state index is 12.5. The average Bonchev–Trinajstić information content (AvgIpc) is 3.20. The standard InChI is InChI=1S/C26H21ClN4O2/c1-16-13-22-23(30-31(29-22)24-9-5-7-18-6-3-4-8-20(18)24)14-21(16)28-26(32)15-33-25-11-10-19(27)12-17(25)2/h3-14H,15H2,1-2H3,(H,28,32). The summed E-state index contributed by atoms with van der Waals surface area (Å²) < 4.78 is 5.65. The van der Waals surface area contributed by atoms with Crippen LogP contribution in [-0.4, -0.2) is 27.5 Å². The van der Waals surface area contributed by atoms with Gasteiger partial charge in [-0.15, -0.1) is 15.0 Å². The number of aromatic nitrogens is 3. The molecule has 0 radical (unpaired) electrons. The second kappa shape index (κ2) is 8.56. The Hall–Kier alpha value is -3.90. The van der Waals surface area contributed by atoms with E-state index in [0.717, 1.165) is 33.1 Å². The number of anilines is 1. The van der Waals surface area contributed by atoms with Gasteiger partial charge in [-0.2, -0.15) is 0 Å². The number of fused-ring (bicyclic) bond motifs is 2. The van der Waals surface area contributed by atoms with E-state index in [1.165, 1.54) is 0 Å². The number of rotatable bonds is 5. The number of nitrogens with one attached hydrogen (secondary N) is 1. The van der Waals surface area contributed by atoms with E-state index in [2.05, 4.69) is 33.7 Å². The van der Waals surface area contributed by atoms with Gasteiger partial charge in [-0.3, -0.25) is 4.79 Å². The van der Waals surface area contributed by atoms with Crippen molar-refractivity contribution in [1.82, 2.24) is 15.0 Å². The van der Waals surface area contributed by atoms with Gasteiger partial charge in [-0.05, 0) is 66.8 Å². The first-order chi connectivity index (χ1) is 16.0. The Kier molecular flexibility index (Phi) is 5.44. The number of ether oxygens (including phenoxy) is 1. The monoisotopic (exact) mass is 456 g/mol. The minimum Gasteiger partial charge on any atom is -0.483 e. The molecule has 1 heterocycles. The van der Waals surface area contributed by atoms with E-state index >= 15 is 0 Å². The molecule has 0 fully saturated rings. The molecule has 0 saturated heterocycles. The molecule has 0 spiro atoms. The van der Waals surface area contributed by atoms with Gasteiger partial charge in [0.15, 0.2) is 6.61 Å². The van der Waals surface area contributed by atoms with Crippen molar-refractivity contribution < 1.29 is 9.53 Å². The lowest BCUT2D eigenvalue weighted by Gasteiger charge is -2.11. The van der Waals surface area contributed by atoms with Crippen LogP contribution in [0, 0.1) is 13.8 Å². The molecule has 164 valence electrons. The number of hydrogen-bond acceptors (Lipinski definition) is 4. The van der Waals surface area contributed by atoms with Gasteiger partial charge < -0.3 is 10.1 Å². The summed E-state index contributed by atoms with van der Waals surface area (Å²) >= 11 is 5.97. The Labute approximate surface area is 195 Å². The lowest BCUT2D eigenvalue weighted by molar-refractivity contribution is -0.118. The van der Waals surface area contributed by atoms with Crippen LogP contribution in [0.3, 0.4) is 0 Å². The van der Waals surface area contributed by atoms with Crippen molar-refractivity contribution in [3.05, 3.63) is 88.9 Å². The number of amides is 1. The van der Waals surface area contributed by atoms with Crippen molar-refractivity contribution in [3.63, 3.8) is 0 Å². The highest BCUT2D eigenvalue weighted by atomic mass is 35.5. The summed E-state index contributed by atoms with van der Waals surface area (Å²) in [7, 11) is 0. The van der Waals surface area contributed by atoms with E-state index in [1.54, 1.807) is 23.0 Å². The number of carbonyl (C=O) groups is 1. The fraction of sp³-hybridized carbons (Fsp3) is 0.115. The Morgan fingerprint density at radius 2 is 1.70 bits per heavy atom. The second-order valence-electron chi connectivity index (χ2n) is 7.89. The summed E-state index contributed by atoms with van der Waals surface area (Å²) in [5, 5.41) is 15.1.